The molecule has 1 saturated heterocycles. The molecule has 102 valence electrons. The third kappa shape index (κ3) is 2.65. The van der Waals surface area contributed by atoms with Crippen molar-refractivity contribution in [2.45, 2.75) is 32.2 Å². The molecular weight excluding hydrogens is 242 g/mol. The quantitative estimate of drug-likeness (QED) is 0.844. The molecule has 1 unspecified atom stereocenters. The monoisotopic (exact) mass is 261 g/mol. The Morgan fingerprint density at radius 3 is 3.21 bits per heavy atom. The Labute approximate surface area is 112 Å². The van der Waals surface area contributed by atoms with E-state index in [1.807, 2.05) is 12.1 Å². The van der Waals surface area contributed by atoms with E-state index >= 15 is 0 Å². The van der Waals surface area contributed by atoms with E-state index in [2.05, 4.69) is 37.8 Å². The summed E-state index contributed by atoms with van der Waals surface area (Å²) in [6.07, 6.45) is 3.61. The number of tetrazole rings is 1. The minimum absolute atomic E-state index is 0.568. The van der Waals surface area contributed by atoms with Crippen LogP contribution in [0.1, 0.15) is 26.2 Å². The second-order valence-corrected chi connectivity index (χ2v) is 4.96. The lowest BCUT2D eigenvalue weighted by Crippen LogP contribution is -2.38. The molecule has 1 atom stereocenters. The number of fused-ring (bicyclic) bond motifs is 1. The zero-order valence-corrected chi connectivity index (χ0v) is 11.2. The molecule has 7 heteroatoms. The Kier molecular flexibility index (Phi) is 3.54. The van der Waals surface area contributed by atoms with Crippen LogP contribution in [0.2, 0.25) is 0 Å². The van der Waals surface area contributed by atoms with Crippen LogP contribution in [0, 0.1) is 0 Å². The van der Waals surface area contributed by atoms with Crippen molar-refractivity contribution in [3.05, 3.63) is 12.1 Å². The fourth-order valence-electron chi connectivity index (χ4n) is 2.56. The molecule has 1 aliphatic rings. The molecule has 2 aromatic rings. The second-order valence-electron chi connectivity index (χ2n) is 4.96. The van der Waals surface area contributed by atoms with Gasteiger partial charge in [0.25, 0.3) is 0 Å². The van der Waals surface area contributed by atoms with Gasteiger partial charge >= 0.3 is 0 Å². The van der Waals surface area contributed by atoms with Crippen LogP contribution in [0.3, 0.4) is 0 Å². The smallest absolute Gasteiger partial charge is 0.200 e. The van der Waals surface area contributed by atoms with Gasteiger partial charge in [-0.15, -0.1) is 14.8 Å². The van der Waals surface area contributed by atoms with Gasteiger partial charge in [-0.2, -0.15) is 0 Å². The van der Waals surface area contributed by atoms with E-state index in [0.717, 1.165) is 31.9 Å². The van der Waals surface area contributed by atoms with E-state index in [-0.39, 0.29) is 0 Å². The van der Waals surface area contributed by atoms with Crippen LogP contribution in [0.25, 0.3) is 5.65 Å². The predicted molar refractivity (Wildman–Crippen MR) is 72.1 cm³/mol. The Morgan fingerprint density at radius 1 is 1.47 bits per heavy atom. The van der Waals surface area contributed by atoms with E-state index in [1.54, 1.807) is 0 Å². The van der Waals surface area contributed by atoms with Crippen LogP contribution >= 0.6 is 0 Å². The highest BCUT2D eigenvalue weighted by atomic mass is 15.6. The van der Waals surface area contributed by atoms with Gasteiger partial charge < -0.3 is 10.2 Å². The normalized spacial score (nSPS) is 19.1. The van der Waals surface area contributed by atoms with Crippen LogP contribution in [-0.4, -0.2) is 50.9 Å². The molecule has 1 N–H and O–H groups in total. The van der Waals surface area contributed by atoms with Gasteiger partial charge in [-0.1, -0.05) is 6.92 Å². The molecule has 7 nitrogen and oxygen atoms in total. The second kappa shape index (κ2) is 5.48. The average Bonchev–Trinajstić information content (AvgIpc) is 3.08. The molecule has 1 aliphatic heterocycles. The van der Waals surface area contributed by atoms with Crippen molar-refractivity contribution >= 4 is 11.5 Å². The maximum Gasteiger partial charge on any atom is 0.200 e. The Hall–Kier alpha value is -1.76. The van der Waals surface area contributed by atoms with E-state index < -0.39 is 0 Å². The van der Waals surface area contributed by atoms with Crippen LogP contribution in [0.4, 0.5) is 5.82 Å². The summed E-state index contributed by atoms with van der Waals surface area (Å²) in [6, 6.07) is 4.47. The first kappa shape index (κ1) is 12.3. The standard InChI is InChI=1S/C12H19N7/c1-2-8-18(9-10-4-3-7-13-10)12-6-5-11-14-16-17-19(11)15-12/h5-6,10,13H,2-4,7-9H2,1H3. The SMILES string of the molecule is CCCN(CC1CCCN1)c1ccc2nnnn2n1. The summed E-state index contributed by atoms with van der Waals surface area (Å²) in [6.45, 7) is 5.31. The van der Waals surface area contributed by atoms with Gasteiger partial charge in [0.05, 0.1) is 0 Å². The molecule has 0 aromatic carbocycles. The van der Waals surface area contributed by atoms with Gasteiger partial charge in [0, 0.05) is 19.1 Å². The minimum atomic E-state index is 0.568. The van der Waals surface area contributed by atoms with Crippen LogP contribution in [0.5, 0.6) is 0 Å². The number of rotatable bonds is 5. The Bertz CT molecular complexity index is 532. The fraction of sp³-hybridized carbons (Fsp3) is 0.667. The highest BCUT2D eigenvalue weighted by Crippen LogP contribution is 2.14. The van der Waals surface area contributed by atoms with E-state index in [1.165, 1.54) is 17.5 Å². The molecule has 3 heterocycles. The highest BCUT2D eigenvalue weighted by molar-refractivity contribution is 5.44. The van der Waals surface area contributed by atoms with Gasteiger partial charge in [0.2, 0.25) is 0 Å². The highest BCUT2D eigenvalue weighted by Gasteiger charge is 2.19. The summed E-state index contributed by atoms with van der Waals surface area (Å²) in [7, 11) is 0. The van der Waals surface area contributed by atoms with Crippen LogP contribution in [0.15, 0.2) is 12.1 Å². The van der Waals surface area contributed by atoms with Crippen molar-refractivity contribution in [1.29, 1.82) is 0 Å². The molecule has 2 aromatic heterocycles. The van der Waals surface area contributed by atoms with Crippen molar-refractivity contribution < 1.29 is 0 Å². The summed E-state index contributed by atoms with van der Waals surface area (Å²) in [5.74, 6) is 0.940. The minimum Gasteiger partial charge on any atom is -0.354 e. The zero-order valence-electron chi connectivity index (χ0n) is 11.2. The maximum absolute atomic E-state index is 4.47. The molecule has 19 heavy (non-hydrogen) atoms. The number of nitrogens with zero attached hydrogens (tertiary/aromatic N) is 6. The Balaban J connectivity index is 1.80. The van der Waals surface area contributed by atoms with Crippen LogP contribution in [-0.2, 0) is 0 Å². The van der Waals surface area contributed by atoms with Crippen molar-refractivity contribution in [1.82, 2.24) is 30.6 Å². The predicted octanol–water partition coefficient (Wildman–Crippen LogP) is 0.488. The molecule has 3 rings (SSSR count). The van der Waals surface area contributed by atoms with Gasteiger partial charge in [-0.25, -0.2) is 0 Å². The summed E-state index contributed by atoms with van der Waals surface area (Å²) in [4.78, 5) is 2.31. The van der Waals surface area contributed by atoms with Gasteiger partial charge in [-0.05, 0) is 48.4 Å². The molecule has 0 saturated carbocycles. The zero-order chi connectivity index (χ0) is 13.1. The fourth-order valence-corrected chi connectivity index (χ4v) is 2.56. The van der Waals surface area contributed by atoms with Crippen molar-refractivity contribution in [3.8, 4) is 0 Å². The van der Waals surface area contributed by atoms with Crippen molar-refractivity contribution in [3.63, 3.8) is 0 Å². The van der Waals surface area contributed by atoms with Crippen LogP contribution < -0.4 is 10.2 Å². The molecular formula is C12H19N7. The molecule has 0 radical (unpaired) electrons. The van der Waals surface area contributed by atoms with E-state index in [4.69, 9.17) is 0 Å². The van der Waals surface area contributed by atoms with E-state index in [0.29, 0.717) is 11.7 Å². The summed E-state index contributed by atoms with van der Waals surface area (Å²) >= 11 is 0. The lowest BCUT2D eigenvalue weighted by Gasteiger charge is -2.26. The number of hydrogen-bond donors (Lipinski definition) is 1. The van der Waals surface area contributed by atoms with Gasteiger partial charge in [0.1, 0.15) is 0 Å². The molecule has 0 aliphatic carbocycles. The summed E-state index contributed by atoms with van der Waals surface area (Å²) in [5.41, 5.74) is 0.680. The first-order chi connectivity index (χ1) is 9.36. The van der Waals surface area contributed by atoms with Crippen molar-refractivity contribution in [2.24, 2.45) is 0 Å². The molecule has 0 bridgehead atoms. The Morgan fingerprint density at radius 2 is 2.42 bits per heavy atom. The van der Waals surface area contributed by atoms with Gasteiger partial charge in [-0.3, -0.25) is 0 Å². The molecule has 0 spiro atoms. The third-order valence-electron chi connectivity index (χ3n) is 3.48. The topological polar surface area (TPSA) is 71.2 Å². The first-order valence-electron chi connectivity index (χ1n) is 6.90. The largest absolute Gasteiger partial charge is 0.354 e. The average molecular weight is 261 g/mol. The molecule has 1 fully saturated rings. The van der Waals surface area contributed by atoms with Gasteiger partial charge in [0.15, 0.2) is 11.5 Å². The first-order valence-corrected chi connectivity index (χ1v) is 6.90. The number of nitrogens with one attached hydrogen (secondary N) is 1. The van der Waals surface area contributed by atoms with E-state index in [9.17, 15) is 0 Å². The molecule has 0 amide bonds. The summed E-state index contributed by atoms with van der Waals surface area (Å²) < 4.78 is 1.49. The third-order valence-corrected chi connectivity index (χ3v) is 3.48. The summed E-state index contributed by atoms with van der Waals surface area (Å²) in [5, 5.41) is 19.4. The number of anilines is 1. The number of aromatic nitrogens is 5. The lowest BCUT2D eigenvalue weighted by molar-refractivity contribution is 0.570. The number of hydrogen-bond acceptors (Lipinski definition) is 6. The lowest BCUT2D eigenvalue weighted by atomic mass is 10.2. The maximum atomic E-state index is 4.47. The van der Waals surface area contributed by atoms with Crippen molar-refractivity contribution in [2.75, 3.05) is 24.5 Å².